The second-order valence-corrected chi connectivity index (χ2v) is 4.89. The van der Waals surface area contributed by atoms with E-state index in [4.69, 9.17) is 0 Å². The summed E-state index contributed by atoms with van der Waals surface area (Å²) in [6.07, 6.45) is -4.57. The molecule has 0 atom stereocenters. The van der Waals surface area contributed by atoms with E-state index < -0.39 is 22.9 Å². The molecule has 4 nitrogen and oxygen atoms in total. The van der Waals surface area contributed by atoms with E-state index >= 15 is 0 Å². The zero-order chi connectivity index (χ0) is 11.6. The monoisotopic (exact) mass is 234 g/mol. The third-order valence-corrected chi connectivity index (χ3v) is 2.28. The maximum absolute atomic E-state index is 11.9. The minimum Gasteiger partial charge on any atom is -0.216 e. The van der Waals surface area contributed by atoms with Crippen LogP contribution in [0, 0.1) is 5.92 Å². The standard InChI is InChI=1S/C6H13F3N2O2S/c1-5(2)3-11(14(10,12)13)4-6(7,8)9/h5H,3-4H2,1-2H3,(H2,10,12,13). The van der Waals surface area contributed by atoms with E-state index in [9.17, 15) is 21.6 Å². The number of halogens is 3. The number of nitrogens with zero attached hydrogens (tertiary/aromatic N) is 1. The van der Waals surface area contributed by atoms with Crippen molar-refractivity contribution in [2.24, 2.45) is 11.1 Å². The van der Waals surface area contributed by atoms with Crippen LogP contribution in [0.5, 0.6) is 0 Å². The molecule has 0 saturated heterocycles. The van der Waals surface area contributed by atoms with Crippen molar-refractivity contribution in [3.8, 4) is 0 Å². The molecular formula is C6H13F3N2O2S. The minimum absolute atomic E-state index is 0.212. The van der Waals surface area contributed by atoms with Gasteiger partial charge in [-0.25, -0.2) is 5.14 Å². The maximum atomic E-state index is 11.9. The van der Waals surface area contributed by atoms with Gasteiger partial charge in [-0.3, -0.25) is 0 Å². The van der Waals surface area contributed by atoms with E-state index in [-0.39, 0.29) is 16.8 Å². The summed E-state index contributed by atoms with van der Waals surface area (Å²) in [6, 6.07) is 0. The predicted molar refractivity (Wildman–Crippen MR) is 45.6 cm³/mol. The molecule has 0 aromatic carbocycles. The third-order valence-electron chi connectivity index (χ3n) is 1.28. The lowest BCUT2D eigenvalue weighted by atomic mass is 10.2. The summed E-state index contributed by atoms with van der Waals surface area (Å²) in [5.41, 5.74) is 0. The van der Waals surface area contributed by atoms with E-state index in [0.29, 0.717) is 0 Å². The first kappa shape index (κ1) is 13.7. The van der Waals surface area contributed by atoms with Gasteiger partial charge in [0.1, 0.15) is 6.54 Å². The first-order valence-electron chi connectivity index (χ1n) is 3.87. The lowest BCUT2D eigenvalue weighted by Gasteiger charge is -2.22. The van der Waals surface area contributed by atoms with Gasteiger partial charge < -0.3 is 0 Å². The number of alkyl halides is 3. The molecule has 0 fully saturated rings. The van der Waals surface area contributed by atoms with Crippen LogP contribution in [0.2, 0.25) is 0 Å². The van der Waals surface area contributed by atoms with Crippen LogP contribution in [0.1, 0.15) is 13.8 Å². The van der Waals surface area contributed by atoms with E-state index in [1.807, 2.05) is 0 Å². The first-order valence-corrected chi connectivity index (χ1v) is 5.37. The molecule has 86 valence electrons. The zero-order valence-electron chi connectivity index (χ0n) is 7.87. The molecule has 0 heterocycles. The number of rotatable bonds is 4. The molecule has 0 aliphatic heterocycles. The largest absolute Gasteiger partial charge is 0.402 e. The molecule has 0 radical (unpaired) electrons. The van der Waals surface area contributed by atoms with Crippen LogP contribution in [0.15, 0.2) is 0 Å². The Morgan fingerprint density at radius 1 is 1.36 bits per heavy atom. The van der Waals surface area contributed by atoms with Crippen LogP contribution >= 0.6 is 0 Å². The van der Waals surface area contributed by atoms with Gasteiger partial charge in [-0.1, -0.05) is 13.8 Å². The lowest BCUT2D eigenvalue weighted by Crippen LogP contribution is -2.44. The van der Waals surface area contributed by atoms with Crippen molar-refractivity contribution >= 4 is 10.2 Å². The number of nitrogens with two attached hydrogens (primary N) is 1. The fraction of sp³-hybridized carbons (Fsp3) is 1.00. The molecule has 0 rings (SSSR count). The average molecular weight is 234 g/mol. The van der Waals surface area contributed by atoms with Crippen molar-refractivity contribution < 1.29 is 21.6 Å². The van der Waals surface area contributed by atoms with Crippen LogP contribution in [0.25, 0.3) is 0 Å². The lowest BCUT2D eigenvalue weighted by molar-refractivity contribution is -0.136. The minimum atomic E-state index is -4.57. The Bertz CT molecular complexity index is 273. The van der Waals surface area contributed by atoms with Crippen molar-refractivity contribution in [1.29, 1.82) is 0 Å². The Kier molecular flexibility index (Phi) is 4.34. The molecule has 14 heavy (non-hydrogen) atoms. The van der Waals surface area contributed by atoms with Crippen LogP contribution in [0.4, 0.5) is 13.2 Å². The molecule has 0 aromatic rings. The maximum Gasteiger partial charge on any atom is 0.402 e. The van der Waals surface area contributed by atoms with Gasteiger partial charge in [-0.15, -0.1) is 0 Å². The summed E-state index contributed by atoms with van der Waals surface area (Å²) in [5, 5.41) is 4.63. The van der Waals surface area contributed by atoms with E-state index in [1.54, 1.807) is 13.8 Å². The van der Waals surface area contributed by atoms with Crippen molar-refractivity contribution in [1.82, 2.24) is 4.31 Å². The van der Waals surface area contributed by atoms with Gasteiger partial charge in [0.15, 0.2) is 0 Å². The molecule has 0 aliphatic carbocycles. The van der Waals surface area contributed by atoms with E-state index in [0.717, 1.165) is 0 Å². The van der Waals surface area contributed by atoms with Gasteiger partial charge in [-0.2, -0.15) is 25.9 Å². The topological polar surface area (TPSA) is 63.4 Å². The Labute approximate surface area is 81.1 Å². The molecule has 0 aromatic heterocycles. The fourth-order valence-corrected chi connectivity index (χ4v) is 1.70. The highest BCUT2D eigenvalue weighted by molar-refractivity contribution is 7.86. The van der Waals surface area contributed by atoms with Crippen LogP contribution in [-0.2, 0) is 10.2 Å². The van der Waals surface area contributed by atoms with Crippen LogP contribution < -0.4 is 5.14 Å². The number of hydrogen-bond acceptors (Lipinski definition) is 2. The van der Waals surface area contributed by atoms with E-state index in [2.05, 4.69) is 5.14 Å². The Morgan fingerprint density at radius 3 is 2.00 bits per heavy atom. The molecule has 8 heteroatoms. The highest BCUT2D eigenvalue weighted by atomic mass is 32.2. The first-order chi connectivity index (χ1) is 6.02. The second kappa shape index (κ2) is 4.45. The molecular weight excluding hydrogens is 221 g/mol. The quantitative estimate of drug-likeness (QED) is 0.778. The van der Waals surface area contributed by atoms with Crippen molar-refractivity contribution in [3.63, 3.8) is 0 Å². The van der Waals surface area contributed by atoms with Crippen molar-refractivity contribution in [2.45, 2.75) is 20.0 Å². The fourth-order valence-electron chi connectivity index (χ4n) is 0.866. The van der Waals surface area contributed by atoms with Gasteiger partial charge in [0.25, 0.3) is 10.2 Å². The van der Waals surface area contributed by atoms with Crippen LogP contribution in [0.3, 0.4) is 0 Å². The summed E-state index contributed by atoms with van der Waals surface area (Å²) in [4.78, 5) is 0. The molecule has 0 bridgehead atoms. The van der Waals surface area contributed by atoms with Crippen molar-refractivity contribution in [2.75, 3.05) is 13.1 Å². The molecule has 0 saturated carbocycles. The Balaban J connectivity index is 4.59. The Morgan fingerprint density at radius 2 is 1.79 bits per heavy atom. The smallest absolute Gasteiger partial charge is 0.216 e. The summed E-state index contributed by atoms with van der Waals surface area (Å²) >= 11 is 0. The molecule has 0 aliphatic rings. The summed E-state index contributed by atoms with van der Waals surface area (Å²) in [6.45, 7) is 1.44. The highest BCUT2D eigenvalue weighted by Gasteiger charge is 2.35. The van der Waals surface area contributed by atoms with Gasteiger partial charge in [0.05, 0.1) is 0 Å². The SMILES string of the molecule is CC(C)CN(CC(F)(F)F)S(N)(=O)=O. The van der Waals surface area contributed by atoms with Crippen LogP contribution in [-0.4, -0.2) is 32.0 Å². The summed E-state index contributed by atoms with van der Waals surface area (Å²) < 4.78 is 57.5. The van der Waals surface area contributed by atoms with Crippen molar-refractivity contribution in [3.05, 3.63) is 0 Å². The van der Waals surface area contributed by atoms with Gasteiger partial charge in [0, 0.05) is 6.54 Å². The molecule has 0 spiro atoms. The zero-order valence-corrected chi connectivity index (χ0v) is 8.69. The van der Waals surface area contributed by atoms with E-state index in [1.165, 1.54) is 0 Å². The summed E-state index contributed by atoms with van der Waals surface area (Å²) in [5.74, 6) is -0.212. The normalized spacial score (nSPS) is 14.0. The molecule has 0 unspecified atom stereocenters. The molecule has 0 amide bonds. The number of hydrogen-bond donors (Lipinski definition) is 1. The van der Waals surface area contributed by atoms with Gasteiger partial charge in [0.2, 0.25) is 0 Å². The second-order valence-electron chi connectivity index (χ2n) is 3.35. The predicted octanol–water partition coefficient (Wildman–Crippen LogP) is 0.710. The Hall–Kier alpha value is -0.340. The molecule has 2 N–H and O–H groups in total. The highest BCUT2D eigenvalue weighted by Crippen LogP contribution is 2.18. The average Bonchev–Trinajstić information content (AvgIpc) is 1.78. The van der Waals surface area contributed by atoms with Gasteiger partial charge >= 0.3 is 6.18 Å². The third kappa shape index (κ3) is 6.17. The van der Waals surface area contributed by atoms with Gasteiger partial charge in [-0.05, 0) is 5.92 Å². The summed E-state index contributed by atoms with van der Waals surface area (Å²) in [7, 11) is -4.28.